The van der Waals surface area contributed by atoms with Gasteiger partial charge in [0.05, 0.1) is 12.2 Å². The summed E-state index contributed by atoms with van der Waals surface area (Å²) in [6.07, 6.45) is 0. The van der Waals surface area contributed by atoms with Crippen LogP contribution in [0.2, 0.25) is 5.02 Å². The van der Waals surface area contributed by atoms with Gasteiger partial charge in [0, 0.05) is 29.4 Å². The van der Waals surface area contributed by atoms with Gasteiger partial charge >= 0.3 is 6.03 Å². The summed E-state index contributed by atoms with van der Waals surface area (Å²) in [5.74, 6) is 0. The van der Waals surface area contributed by atoms with E-state index in [4.69, 9.17) is 11.6 Å². The molecule has 2 N–H and O–H groups in total. The number of hydrogen-bond acceptors (Lipinski definition) is 2. The molecule has 27 heavy (non-hydrogen) atoms. The first kappa shape index (κ1) is 19.0. The van der Waals surface area contributed by atoms with Crippen LogP contribution in [0.15, 0.2) is 54.6 Å². The monoisotopic (exact) mass is 382 g/mol. The molecule has 0 saturated heterocycles. The van der Waals surface area contributed by atoms with Gasteiger partial charge in [-0.3, -0.25) is 4.68 Å². The summed E-state index contributed by atoms with van der Waals surface area (Å²) < 4.78 is 1.98. The van der Waals surface area contributed by atoms with Crippen molar-refractivity contribution in [1.29, 1.82) is 0 Å². The van der Waals surface area contributed by atoms with E-state index in [1.165, 1.54) is 5.56 Å². The summed E-state index contributed by atoms with van der Waals surface area (Å²) in [6.45, 7) is 5.53. The number of carbonyl (C=O) groups excluding carboxylic acids is 1. The van der Waals surface area contributed by atoms with Crippen LogP contribution in [0.3, 0.4) is 0 Å². The normalized spacial score (nSPS) is 10.6. The van der Waals surface area contributed by atoms with Crippen LogP contribution in [0.1, 0.15) is 28.1 Å². The Morgan fingerprint density at radius 2 is 1.67 bits per heavy atom. The van der Waals surface area contributed by atoms with Gasteiger partial charge in [0.15, 0.2) is 0 Å². The molecule has 1 heterocycles. The second kappa shape index (κ2) is 8.73. The van der Waals surface area contributed by atoms with Gasteiger partial charge in [-0.1, -0.05) is 60.1 Å². The molecule has 1 aromatic heterocycles. The molecular weight excluding hydrogens is 360 g/mol. The molecule has 0 spiro atoms. The van der Waals surface area contributed by atoms with E-state index >= 15 is 0 Å². The van der Waals surface area contributed by atoms with E-state index < -0.39 is 0 Å². The van der Waals surface area contributed by atoms with Crippen LogP contribution in [-0.4, -0.2) is 15.8 Å². The summed E-state index contributed by atoms with van der Waals surface area (Å²) in [5, 5.41) is 11.0. The second-order valence-corrected chi connectivity index (χ2v) is 6.83. The van der Waals surface area contributed by atoms with Crippen molar-refractivity contribution in [3.8, 4) is 0 Å². The third-order valence-corrected chi connectivity index (χ3v) is 4.90. The lowest BCUT2D eigenvalue weighted by atomic mass is 10.2. The van der Waals surface area contributed by atoms with Crippen LogP contribution >= 0.6 is 11.6 Å². The van der Waals surface area contributed by atoms with Crippen molar-refractivity contribution >= 4 is 17.6 Å². The van der Waals surface area contributed by atoms with Gasteiger partial charge in [0.2, 0.25) is 0 Å². The number of nitrogens with zero attached hydrogens (tertiary/aromatic N) is 2. The molecule has 2 aromatic carbocycles. The maximum Gasteiger partial charge on any atom is 0.315 e. The Kier molecular flexibility index (Phi) is 6.14. The highest BCUT2D eigenvalue weighted by molar-refractivity contribution is 6.31. The number of aryl methyl sites for hydroxylation is 1. The van der Waals surface area contributed by atoms with E-state index in [0.29, 0.717) is 24.7 Å². The lowest BCUT2D eigenvalue weighted by Crippen LogP contribution is -2.34. The standard InChI is InChI=1S/C21H23ClN4O/c1-15-19(16(2)26(25-15)14-17-8-4-3-5-9-17)13-24-21(27)23-12-18-10-6-7-11-20(18)22/h3-11H,12-14H2,1-2H3,(H2,23,24,27). The third kappa shape index (κ3) is 4.89. The van der Waals surface area contributed by atoms with Gasteiger partial charge < -0.3 is 10.6 Å². The van der Waals surface area contributed by atoms with Crippen molar-refractivity contribution in [1.82, 2.24) is 20.4 Å². The molecule has 0 radical (unpaired) electrons. The molecule has 6 heteroatoms. The fourth-order valence-corrected chi connectivity index (χ4v) is 3.15. The molecule has 3 aromatic rings. The highest BCUT2D eigenvalue weighted by atomic mass is 35.5. The molecule has 140 valence electrons. The highest BCUT2D eigenvalue weighted by Gasteiger charge is 2.13. The van der Waals surface area contributed by atoms with Crippen LogP contribution in [0.25, 0.3) is 0 Å². The van der Waals surface area contributed by atoms with Crippen LogP contribution in [0.5, 0.6) is 0 Å². The van der Waals surface area contributed by atoms with Gasteiger partial charge in [-0.15, -0.1) is 0 Å². The Balaban J connectivity index is 1.57. The van der Waals surface area contributed by atoms with Crippen LogP contribution < -0.4 is 10.6 Å². The average molecular weight is 383 g/mol. The van der Waals surface area contributed by atoms with Crippen molar-refractivity contribution in [2.24, 2.45) is 0 Å². The van der Waals surface area contributed by atoms with Gasteiger partial charge in [-0.05, 0) is 31.0 Å². The zero-order valence-corrected chi connectivity index (χ0v) is 16.3. The van der Waals surface area contributed by atoms with E-state index in [0.717, 1.165) is 22.5 Å². The number of amides is 2. The number of urea groups is 1. The van der Waals surface area contributed by atoms with Gasteiger partial charge in [0.25, 0.3) is 0 Å². The lowest BCUT2D eigenvalue weighted by Gasteiger charge is -2.09. The smallest absolute Gasteiger partial charge is 0.315 e. The molecule has 0 fully saturated rings. The van der Waals surface area contributed by atoms with Crippen LogP contribution in [0.4, 0.5) is 4.79 Å². The number of carbonyl (C=O) groups is 1. The second-order valence-electron chi connectivity index (χ2n) is 6.42. The Hall–Kier alpha value is -2.79. The topological polar surface area (TPSA) is 59.0 Å². The average Bonchev–Trinajstić information content (AvgIpc) is 2.93. The molecular formula is C21H23ClN4O. The fourth-order valence-electron chi connectivity index (χ4n) is 2.95. The first-order chi connectivity index (χ1) is 13.0. The minimum absolute atomic E-state index is 0.232. The van der Waals surface area contributed by atoms with Crippen molar-refractivity contribution in [2.45, 2.75) is 33.5 Å². The Morgan fingerprint density at radius 3 is 2.41 bits per heavy atom. The maximum atomic E-state index is 12.1. The molecule has 0 aliphatic heterocycles. The largest absolute Gasteiger partial charge is 0.334 e. The summed E-state index contributed by atoms with van der Waals surface area (Å²) in [7, 11) is 0. The molecule has 3 rings (SSSR count). The fraction of sp³-hybridized carbons (Fsp3) is 0.238. The van der Waals surface area contributed by atoms with Crippen molar-refractivity contribution in [3.05, 3.63) is 87.7 Å². The van der Waals surface area contributed by atoms with Gasteiger partial charge in [0.1, 0.15) is 0 Å². The predicted octanol–water partition coefficient (Wildman–Crippen LogP) is 4.20. The zero-order valence-electron chi connectivity index (χ0n) is 15.5. The number of hydrogen-bond donors (Lipinski definition) is 2. The Bertz CT molecular complexity index is 921. The minimum Gasteiger partial charge on any atom is -0.334 e. The highest BCUT2D eigenvalue weighted by Crippen LogP contribution is 2.15. The van der Waals surface area contributed by atoms with Crippen molar-refractivity contribution < 1.29 is 4.79 Å². The van der Waals surface area contributed by atoms with Crippen molar-refractivity contribution in [2.75, 3.05) is 0 Å². The predicted molar refractivity (Wildman–Crippen MR) is 108 cm³/mol. The molecule has 0 atom stereocenters. The summed E-state index contributed by atoms with van der Waals surface area (Å²) in [6, 6.07) is 17.4. The van der Waals surface area contributed by atoms with Gasteiger partial charge in [-0.25, -0.2) is 4.79 Å². The SMILES string of the molecule is Cc1nn(Cc2ccccc2)c(C)c1CNC(=O)NCc1ccccc1Cl. The number of benzene rings is 2. The summed E-state index contributed by atoms with van der Waals surface area (Å²) in [4.78, 5) is 12.1. The molecule has 5 nitrogen and oxygen atoms in total. The lowest BCUT2D eigenvalue weighted by molar-refractivity contribution is 0.240. The van der Waals surface area contributed by atoms with E-state index in [-0.39, 0.29) is 6.03 Å². The number of rotatable bonds is 6. The number of aromatic nitrogens is 2. The molecule has 0 bridgehead atoms. The zero-order chi connectivity index (χ0) is 19.2. The number of halogens is 1. The van der Waals surface area contributed by atoms with E-state index in [1.807, 2.05) is 61.0 Å². The summed E-state index contributed by atoms with van der Waals surface area (Å²) in [5.41, 5.74) is 5.11. The molecule has 0 aliphatic carbocycles. The third-order valence-electron chi connectivity index (χ3n) is 4.53. The summed E-state index contributed by atoms with van der Waals surface area (Å²) >= 11 is 6.11. The molecule has 0 unspecified atom stereocenters. The molecule has 2 amide bonds. The molecule has 0 aliphatic rings. The van der Waals surface area contributed by atoms with Crippen LogP contribution in [-0.2, 0) is 19.6 Å². The first-order valence-corrected chi connectivity index (χ1v) is 9.24. The first-order valence-electron chi connectivity index (χ1n) is 8.86. The quantitative estimate of drug-likeness (QED) is 0.671. The van der Waals surface area contributed by atoms with Gasteiger partial charge in [-0.2, -0.15) is 5.10 Å². The minimum atomic E-state index is -0.232. The van der Waals surface area contributed by atoms with Crippen molar-refractivity contribution in [3.63, 3.8) is 0 Å². The molecule has 0 saturated carbocycles. The van der Waals surface area contributed by atoms with E-state index in [1.54, 1.807) is 0 Å². The Morgan fingerprint density at radius 1 is 1.00 bits per heavy atom. The van der Waals surface area contributed by atoms with E-state index in [2.05, 4.69) is 27.9 Å². The van der Waals surface area contributed by atoms with E-state index in [9.17, 15) is 4.79 Å². The number of nitrogens with one attached hydrogen (secondary N) is 2. The van der Waals surface area contributed by atoms with Crippen LogP contribution in [0, 0.1) is 13.8 Å². The Labute approximate surface area is 164 Å². The maximum absolute atomic E-state index is 12.1.